The van der Waals surface area contributed by atoms with E-state index in [0.29, 0.717) is 24.0 Å². The Morgan fingerprint density at radius 2 is 1.74 bits per heavy atom. The second-order valence-corrected chi connectivity index (χ2v) is 10.1. The van der Waals surface area contributed by atoms with Crippen molar-refractivity contribution in [3.8, 4) is 17.2 Å². The van der Waals surface area contributed by atoms with Crippen molar-refractivity contribution in [2.75, 3.05) is 40.5 Å². The number of ether oxygens (including phenoxy) is 3. The number of hydrogen-bond acceptors (Lipinski definition) is 5. The standard InChI is InChI=1S/C29H36N2O4/c1-33-26-7-4-21(5-8-26)22-11-13-31(14-12-22)18-20-3-6-25(15-20)30-29(32)24-16-23-17-27(34-2)9-10-28(23)35-19-24/h4-5,7-10,16-17,20,22,25H,3,6,11-15,18-19H2,1-2H3,(H,30,32)/t20-,25+/m1/s1. The SMILES string of the molecule is COc1ccc(C2CCN(C[C@@H]3CC[C@H](NC(=O)C4=Cc5cc(OC)ccc5OC4)C3)CC2)cc1. The van der Waals surface area contributed by atoms with Crippen LogP contribution < -0.4 is 19.5 Å². The predicted octanol–water partition coefficient (Wildman–Crippen LogP) is 4.64. The number of piperidine rings is 1. The molecule has 2 heterocycles. The summed E-state index contributed by atoms with van der Waals surface area (Å²) >= 11 is 0. The average molecular weight is 477 g/mol. The van der Waals surface area contributed by atoms with Gasteiger partial charge in [-0.3, -0.25) is 4.79 Å². The summed E-state index contributed by atoms with van der Waals surface area (Å²) in [5.74, 6) is 3.76. The van der Waals surface area contributed by atoms with E-state index in [9.17, 15) is 4.79 Å². The molecule has 0 aromatic heterocycles. The summed E-state index contributed by atoms with van der Waals surface area (Å²) in [5, 5.41) is 3.27. The van der Waals surface area contributed by atoms with E-state index >= 15 is 0 Å². The number of amides is 1. The normalized spacial score (nSPS) is 22.6. The fraction of sp³-hybridized carbons (Fsp3) is 0.483. The van der Waals surface area contributed by atoms with Crippen molar-refractivity contribution in [3.63, 3.8) is 0 Å². The summed E-state index contributed by atoms with van der Waals surface area (Å²) in [7, 11) is 3.35. The maximum Gasteiger partial charge on any atom is 0.250 e. The Hall–Kier alpha value is -2.99. The van der Waals surface area contributed by atoms with Crippen molar-refractivity contribution in [2.24, 2.45) is 5.92 Å². The van der Waals surface area contributed by atoms with E-state index in [1.165, 1.54) is 24.8 Å². The quantitative estimate of drug-likeness (QED) is 0.631. The Morgan fingerprint density at radius 3 is 2.49 bits per heavy atom. The molecule has 3 aliphatic rings. The Balaban J connectivity index is 1.08. The molecular weight excluding hydrogens is 440 g/mol. The van der Waals surface area contributed by atoms with Crippen LogP contribution in [-0.4, -0.2) is 57.3 Å². The highest BCUT2D eigenvalue weighted by Gasteiger charge is 2.30. The van der Waals surface area contributed by atoms with E-state index in [2.05, 4.69) is 34.5 Å². The van der Waals surface area contributed by atoms with Crippen molar-refractivity contribution in [2.45, 2.75) is 44.1 Å². The van der Waals surface area contributed by atoms with Gasteiger partial charge >= 0.3 is 0 Å². The largest absolute Gasteiger partial charge is 0.497 e. The molecule has 0 radical (unpaired) electrons. The molecule has 1 saturated heterocycles. The Kier molecular flexibility index (Phi) is 7.28. The fourth-order valence-corrected chi connectivity index (χ4v) is 5.75. The predicted molar refractivity (Wildman–Crippen MR) is 137 cm³/mol. The first-order chi connectivity index (χ1) is 17.1. The third kappa shape index (κ3) is 5.64. The molecule has 2 aliphatic heterocycles. The molecule has 35 heavy (non-hydrogen) atoms. The number of hydrogen-bond donors (Lipinski definition) is 1. The smallest absolute Gasteiger partial charge is 0.250 e. The van der Waals surface area contributed by atoms with Gasteiger partial charge in [0.05, 0.1) is 19.8 Å². The lowest BCUT2D eigenvalue weighted by molar-refractivity contribution is -0.118. The van der Waals surface area contributed by atoms with Crippen LogP contribution in [0, 0.1) is 5.92 Å². The molecule has 0 spiro atoms. The lowest BCUT2D eigenvalue weighted by atomic mass is 9.89. The van der Waals surface area contributed by atoms with Gasteiger partial charge in [-0.25, -0.2) is 0 Å². The molecule has 1 amide bonds. The van der Waals surface area contributed by atoms with Crippen LogP contribution >= 0.6 is 0 Å². The monoisotopic (exact) mass is 476 g/mol. The van der Waals surface area contributed by atoms with Crippen molar-refractivity contribution in [1.82, 2.24) is 10.2 Å². The summed E-state index contributed by atoms with van der Waals surface area (Å²) in [6.45, 7) is 3.75. The Morgan fingerprint density at radius 1 is 1.00 bits per heavy atom. The van der Waals surface area contributed by atoms with Crippen LogP contribution in [0.2, 0.25) is 0 Å². The summed E-state index contributed by atoms with van der Waals surface area (Å²) < 4.78 is 16.4. The summed E-state index contributed by atoms with van der Waals surface area (Å²) in [5.41, 5.74) is 2.99. The molecule has 5 rings (SSSR count). The van der Waals surface area contributed by atoms with Crippen molar-refractivity contribution in [3.05, 3.63) is 59.2 Å². The first-order valence-electron chi connectivity index (χ1n) is 12.8. The fourth-order valence-electron chi connectivity index (χ4n) is 5.75. The number of methoxy groups -OCH3 is 2. The van der Waals surface area contributed by atoms with Crippen LogP contribution in [0.25, 0.3) is 6.08 Å². The van der Waals surface area contributed by atoms with Crippen molar-refractivity contribution < 1.29 is 19.0 Å². The van der Waals surface area contributed by atoms with Crippen LogP contribution in [-0.2, 0) is 4.79 Å². The lowest BCUT2D eigenvalue weighted by Crippen LogP contribution is -2.38. The maximum absolute atomic E-state index is 12.9. The highest BCUT2D eigenvalue weighted by atomic mass is 16.5. The van der Waals surface area contributed by atoms with Crippen molar-refractivity contribution in [1.29, 1.82) is 0 Å². The van der Waals surface area contributed by atoms with E-state index in [-0.39, 0.29) is 11.9 Å². The number of likely N-dealkylation sites (tertiary alicyclic amines) is 1. The number of nitrogens with one attached hydrogen (secondary N) is 1. The zero-order valence-corrected chi connectivity index (χ0v) is 20.8. The molecule has 1 aliphatic carbocycles. The van der Waals surface area contributed by atoms with Gasteiger partial charge < -0.3 is 24.4 Å². The van der Waals surface area contributed by atoms with Crippen LogP contribution in [0.15, 0.2) is 48.0 Å². The lowest BCUT2D eigenvalue weighted by Gasteiger charge is -2.33. The Bertz CT molecular complexity index is 1060. The minimum atomic E-state index is -0.00979. The molecule has 0 bridgehead atoms. The van der Waals surface area contributed by atoms with Crippen LogP contribution in [0.5, 0.6) is 17.2 Å². The molecule has 1 N–H and O–H groups in total. The van der Waals surface area contributed by atoms with Crippen LogP contribution in [0.4, 0.5) is 0 Å². The van der Waals surface area contributed by atoms with E-state index in [0.717, 1.165) is 55.3 Å². The van der Waals surface area contributed by atoms with Gasteiger partial charge in [0.1, 0.15) is 23.9 Å². The van der Waals surface area contributed by atoms with Gasteiger partial charge in [0, 0.05) is 18.2 Å². The molecular formula is C29H36N2O4. The second kappa shape index (κ2) is 10.7. The maximum atomic E-state index is 12.9. The average Bonchev–Trinajstić information content (AvgIpc) is 3.34. The first kappa shape index (κ1) is 23.7. The van der Waals surface area contributed by atoms with E-state index < -0.39 is 0 Å². The third-order valence-electron chi connectivity index (χ3n) is 7.79. The molecule has 2 aromatic carbocycles. The second-order valence-electron chi connectivity index (χ2n) is 10.1. The molecule has 2 atom stereocenters. The van der Waals surface area contributed by atoms with Gasteiger partial charge in [0.15, 0.2) is 0 Å². The first-order valence-corrected chi connectivity index (χ1v) is 12.8. The molecule has 6 nitrogen and oxygen atoms in total. The Labute approximate surface area is 208 Å². The van der Waals surface area contributed by atoms with Gasteiger partial charge in [-0.2, -0.15) is 0 Å². The summed E-state index contributed by atoms with van der Waals surface area (Å²) in [6, 6.07) is 14.5. The van der Waals surface area contributed by atoms with Gasteiger partial charge in [-0.05, 0) is 99.0 Å². The highest BCUT2D eigenvalue weighted by molar-refractivity contribution is 5.99. The number of fused-ring (bicyclic) bond motifs is 1. The number of carbonyl (C=O) groups excluding carboxylic acids is 1. The minimum Gasteiger partial charge on any atom is -0.497 e. The van der Waals surface area contributed by atoms with Gasteiger partial charge in [-0.15, -0.1) is 0 Å². The molecule has 0 unspecified atom stereocenters. The third-order valence-corrected chi connectivity index (χ3v) is 7.79. The van der Waals surface area contributed by atoms with Gasteiger partial charge in [-0.1, -0.05) is 12.1 Å². The summed E-state index contributed by atoms with van der Waals surface area (Å²) in [4.78, 5) is 15.5. The van der Waals surface area contributed by atoms with Gasteiger partial charge in [0.2, 0.25) is 0 Å². The van der Waals surface area contributed by atoms with Gasteiger partial charge in [0.25, 0.3) is 5.91 Å². The van der Waals surface area contributed by atoms with E-state index in [4.69, 9.17) is 14.2 Å². The van der Waals surface area contributed by atoms with Crippen LogP contribution in [0.1, 0.15) is 49.1 Å². The van der Waals surface area contributed by atoms with Crippen molar-refractivity contribution >= 4 is 12.0 Å². The van der Waals surface area contributed by atoms with E-state index in [1.807, 2.05) is 24.3 Å². The molecule has 1 saturated carbocycles. The number of rotatable bonds is 7. The molecule has 6 heteroatoms. The molecule has 2 aromatic rings. The highest BCUT2D eigenvalue weighted by Crippen LogP contribution is 2.33. The topological polar surface area (TPSA) is 60.0 Å². The zero-order chi connectivity index (χ0) is 24.2. The number of carbonyl (C=O) groups is 1. The number of benzene rings is 2. The minimum absolute atomic E-state index is 0.00979. The number of nitrogens with zero attached hydrogens (tertiary/aromatic N) is 1. The molecule has 2 fully saturated rings. The molecule has 186 valence electrons. The summed E-state index contributed by atoms with van der Waals surface area (Å²) in [6.07, 6.45) is 7.63. The zero-order valence-electron chi connectivity index (χ0n) is 20.8. The van der Waals surface area contributed by atoms with E-state index in [1.54, 1.807) is 14.2 Å². The van der Waals surface area contributed by atoms with Crippen LogP contribution in [0.3, 0.4) is 0 Å².